The van der Waals surface area contributed by atoms with Crippen LogP contribution in [0.4, 0.5) is 25.5 Å². The first-order valence-corrected chi connectivity index (χ1v) is 22.6. The monoisotopic (exact) mass is 1150 g/mol. The molecule has 2 aliphatic rings. The average molecular weight is 1150 g/mol. The van der Waals surface area contributed by atoms with Gasteiger partial charge in [0.15, 0.2) is 0 Å². The maximum Gasteiger partial charge on any atom is 0.412 e. The number of ether oxygens (including phenoxy) is 2. The van der Waals surface area contributed by atoms with Crippen molar-refractivity contribution >= 4 is 56.4 Å². The van der Waals surface area contributed by atoms with E-state index in [1.54, 1.807) is 49.4 Å². The molecule has 2 aromatic carbocycles. The average Bonchev–Trinajstić information content (AvgIpc) is 3.67. The van der Waals surface area contributed by atoms with Crippen LogP contribution in [0.25, 0.3) is 22.3 Å². The Kier molecular flexibility index (Phi) is 20.3. The minimum atomic E-state index is -2.44. The summed E-state index contributed by atoms with van der Waals surface area (Å²) in [6.45, 7) is 12.1. The van der Waals surface area contributed by atoms with Crippen molar-refractivity contribution in [3.05, 3.63) is 115 Å². The molecule has 7 N–H and O–H groups in total. The van der Waals surface area contributed by atoms with Gasteiger partial charge in [-0.05, 0) is 72.4 Å². The summed E-state index contributed by atoms with van der Waals surface area (Å²) in [5, 5.41) is 26.9. The first kappa shape index (κ1) is 54.9. The molecule has 16 nitrogen and oxygen atoms in total. The number of aryl methyl sites for hydroxylation is 1. The van der Waals surface area contributed by atoms with Gasteiger partial charge >= 0.3 is 12.2 Å². The van der Waals surface area contributed by atoms with Crippen LogP contribution in [0.15, 0.2) is 59.4 Å². The van der Waals surface area contributed by atoms with Gasteiger partial charge in [-0.1, -0.05) is 68.7 Å². The second kappa shape index (κ2) is 24.4. The van der Waals surface area contributed by atoms with Gasteiger partial charge in [0.2, 0.25) is 5.79 Å². The maximum atomic E-state index is 15.4. The Bertz CT molecular complexity index is 2580. The number of aromatic nitrogens is 3. The number of hydrogen-bond acceptors (Lipinski definition) is 12. The van der Waals surface area contributed by atoms with Crippen molar-refractivity contribution in [1.29, 1.82) is 0 Å². The summed E-state index contributed by atoms with van der Waals surface area (Å²) in [5.74, 6) is -3.19. The first-order chi connectivity index (χ1) is 31.0. The number of anilines is 2. The number of hydrogen-bond donors (Lipinski definition) is 5. The van der Waals surface area contributed by atoms with E-state index in [0.29, 0.717) is 51.8 Å². The zero-order valence-corrected chi connectivity index (χ0v) is 43.3. The molecule has 19 heteroatoms. The number of halogens is 2. The number of pyridine rings is 3. The Morgan fingerprint density at radius 3 is 2.23 bits per heavy atom. The number of carbonyl (C=O) groups excluding carboxylic acids is 3. The molecule has 4 heterocycles. The SMILES string of the molecule is CC.CC.CCBr.Cc1c(F)cc2nc3c(c4c2c1CCC4NC(=O)c1cccc(N)n1)Cn1c-3cc(C(C)(O)OC(=O)N(C)CCN(C)C(=O)OCc2ccc(N)cc2)c(CO)c1=O.[W]. The molecule has 5 aromatic rings. The normalized spacial score (nSPS) is 13.6. The molecule has 1 aliphatic carbocycles. The van der Waals surface area contributed by atoms with Crippen molar-refractivity contribution in [3.63, 3.8) is 0 Å². The van der Waals surface area contributed by atoms with E-state index in [1.807, 2.05) is 34.6 Å². The molecule has 0 radical (unpaired) electrons. The number of amides is 3. The number of aliphatic hydroxyl groups is 2. The second-order valence-corrected chi connectivity index (χ2v) is 16.1. The fourth-order valence-corrected chi connectivity index (χ4v) is 7.52. The zero-order chi connectivity index (χ0) is 48.3. The van der Waals surface area contributed by atoms with Gasteiger partial charge in [0.05, 0.1) is 41.7 Å². The fourth-order valence-electron chi connectivity index (χ4n) is 7.52. The topological polar surface area (TPSA) is 228 Å². The van der Waals surface area contributed by atoms with E-state index < -0.39 is 47.9 Å². The van der Waals surface area contributed by atoms with Crippen LogP contribution in [0.3, 0.4) is 0 Å². The standard InChI is InChI=1S/C41H43FN8O8.C2H5Br.2C2H6.W/c1-21-24-12-13-29(47-37(52)30-6-5-7-33(44)45-30)35-25-18-50-32(36(25)46-31(34(24)35)17-28(21)42)16-27(26(19-51)38(50)53)41(2,56)58-40(55)49(4)15-14-48(3)39(54)57-20-22-8-10-23(43)11-9-22;1-2-3;2*1-2;/h5-11,16-17,29,51,56H,12-15,18-20,43H2,1-4H3,(H2,44,45)(H,47,52);2H2,1H3;2*1-2H3;. The third kappa shape index (κ3) is 12.1. The number of benzene rings is 2. The van der Waals surface area contributed by atoms with E-state index in [2.05, 4.69) is 26.2 Å². The molecule has 2 atom stereocenters. The van der Waals surface area contributed by atoms with E-state index in [-0.39, 0.29) is 75.6 Å². The van der Waals surface area contributed by atoms with Crippen molar-refractivity contribution in [2.24, 2.45) is 0 Å². The predicted octanol–water partition coefficient (Wildman–Crippen LogP) is 7.29. The van der Waals surface area contributed by atoms with Gasteiger partial charge in [0.25, 0.3) is 11.5 Å². The molecule has 66 heavy (non-hydrogen) atoms. The van der Waals surface area contributed by atoms with Crippen molar-refractivity contribution in [2.45, 2.75) is 92.9 Å². The molecule has 0 fully saturated rings. The Morgan fingerprint density at radius 2 is 1.62 bits per heavy atom. The largest absolute Gasteiger partial charge is 0.445 e. The molecule has 0 bridgehead atoms. The summed E-state index contributed by atoms with van der Waals surface area (Å²) in [6, 6.07) is 13.7. The van der Waals surface area contributed by atoms with Gasteiger partial charge < -0.3 is 50.8 Å². The van der Waals surface area contributed by atoms with E-state index in [9.17, 15) is 29.4 Å². The summed E-state index contributed by atoms with van der Waals surface area (Å²) >= 11 is 3.15. The minimum absolute atomic E-state index is 0. The molecular formula is C47H60BrFN8O8W. The third-order valence-corrected chi connectivity index (χ3v) is 10.7. The van der Waals surface area contributed by atoms with E-state index in [0.717, 1.165) is 28.3 Å². The number of nitrogens with one attached hydrogen (secondary N) is 1. The summed E-state index contributed by atoms with van der Waals surface area (Å²) in [5.41, 5.74) is 15.2. The van der Waals surface area contributed by atoms with Crippen LogP contribution >= 0.6 is 15.9 Å². The quantitative estimate of drug-likeness (QED) is 0.0518. The third-order valence-electron chi connectivity index (χ3n) is 10.7. The maximum absolute atomic E-state index is 15.4. The van der Waals surface area contributed by atoms with Crippen LogP contribution in [-0.2, 0) is 62.5 Å². The fraction of sp³-hybridized carbons (Fsp3) is 0.404. The first-order valence-electron chi connectivity index (χ1n) is 21.5. The van der Waals surface area contributed by atoms with Crippen molar-refractivity contribution in [2.75, 3.05) is 44.0 Å². The van der Waals surface area contributed by atoms with Crippen LogP contribution < -0.4 is 22.3 Å². The molecule has 2 unspecified atom stereocenters. The summed E-state index contributed by atoms with van der Waals surface area (Å²) < 4.78 is 27.6. The van der Waals surface area contributed by atoms with Gasteiger partial charge in [-0.25, -0.2) is 23.9 Å². The van der Waals surface area contributed by atoms with Crippen LogP contribution in [0.1, 0.15) is 103 Å². The smallest absolute Gasteiger partial charge is 0.412 e. The van der Waals surface area contributed by atoms with E-state index in [4.69, 9.17) is 25.9 Å². The van der Waals surface area contributed by atoms with Gasteiger partial charge in [-0.2, -0.15) is 0 Å². The van der Waals surface area contributed by atoms with Gasteiger partial charge in [0, 0.05) is 88.8 Å². The molecular weight excluding hydrogens is 1090 g/mol. The van der Waals surface area contributed by atoms with Crippen molar-refractivity contribution in [1.82, 2.24) is 29.7 Å². The number of aliphatic hydroxyl groups excluding tert-OH is 1. The second-order valence-electron chi connectivity index (χ2n) is 14.9. The summed E-state index contributed by atoms with van der Waals surface area (Å²) in [7, 11) is 2.90. The minimum Gasteiger partial charge on any atom is -0.445 e. The number of carbonyl (C=O) groups is 3. The molecule has 0 saturated carbocycles. The van der Waals surface area contributed by atoms with Gasteiger partial charge in [0.1, 0.15) is 23.9 Å². The van der Waals surface area contributed by atoms with E-state index in [1.165, 1.54) is 35.7 Å². The van der Waals surface area contributed by atoms with Gasteiger partial charge in [-0.15, -0.1) is 0 Å². The number of alkyl halides is 1. The zero-order valence-electron chi connectivity index (χ0n) is 38.8. The Balaban J connectivity index is 0.00000137. The molecule has 7 rings (SSSR count). The van der Waals surface area contributed by atoms with Crippen molar-refractivity contribution < 1.29 is 59.5 Å². The van der Waals surface area contributed by atoms with Crippen molar-refractivity contribution in [3.8, 4) is 11.4 Å². The predicted molar refractivity (Wildman–Crippen MR) is 253 cm³/mol. The number of nitrogens with zero attached hydrogens (tertiary/aromatic N) is 5. The van der Waals surface area contributed by atoms with Crippen LogP contribution in [0.2, 0.25) is 0 Å². The Morgan fingerprint density at radius 1 is 1.00 bits per heavy atom. The molecule has 1 aliphatic heterocycles. The number of rotatable bonds is 10. The molecule has 3 aromatic heterocycles. The number of nitrogens with two attached hydrogens (primary N) is 2. The molecule has 356 valence electrons. The number of fused-ring (bicyclic) bond motifs is 4. The molecule has 0 spiro atoms. The number of nitrogen functional groups attached to an aromatic ring is 2. The van der Waals surface area contributed by atoms with E-state index >= 15 is 4.39 Å². The van der Waals surface area contributed by atoms with Gasteiger partial charge in [-0.3, -0.25) is 9.59 Å². The Hall–Kier alpha value is -5.42. The summed E-state index contributed by atoms with van der Waals surface area (Å²) in [6.07, 6.45) is -0.761. The molecule has 3 amide bonds. The van der Waals surface area contributed by atoms with Crippen LogP contribution in [0.5, 0.6) is 0 Å². The van der Waals surface area contributed by atoms with Crippen LogP contribution in [-0.4, -0.2) is 85.2 Å². The number of likely N-dealkylation sites (N-methyl/N-ethyl adjacent to an activating group) is 2. The summed E-state index contributed by atoms with van der Waals surface area (Å²) in [4.78, 5) is 64.8. The Labute approximate surface area is 407 Å². The van der Waals surface area contributed by atoms with Crippen LogP contribution in [0, 0.1) is 12.7 Å². The molecule has 0 saturated heterocycles.